The van der Waals surface area contributed by atoms with Gasteiger partial charge in [0.05, 0.1) is 11.1 Å². The summed E-state index contributed by atoms with van der Waals surface area (Å²) in [5.74, 6) is -2.38. The van der Waals surface area contributed by atoms with Gasteiger partial charge in [-0.15, -0.1) is 0 Å². The lowest BCUT2D eigenvalue weighted by molar-refractivity contribution is 0.0539. The molecule has 0 saturated carbocycles. The molecule has 0 unspecified atom stereocenters. The van der Waals surface area contributed by atoms with Crippen molar-refractivity contribution in [2.45, 2.75) is 12.5 Å². The van der Waals surface area contributed by atoms with Crippen LogP contribution in [0, 0.1) is 0 Å². The molecule has 0 spiro atoms. The van der Waals surface area contributed by atoms with E-state index in [0.29, 0.717) is 5.56 Å². The highest BCUT2D eigenvalue weighted by Gasteiger charge is 2.44. The predicted octanol–water partition coefficient (Wildman–Crippen LogP) is 0.756. The van der Waals surface area contributed by atoms with Crippen molar-refractivity contribution in [2.24, 2.45) is 14.1 Å². The number of imide groups is 1. The molecule has 1 aromatic heterocycles. The number of hydrogen-bond acceptors (Lipinski definition) is 6. The van der Waals surface area contributed by atoms with Crippen LogP contribution in [-0.2, 0) is 20.5 Å². The lowest BCUT2D eigenvalue weighted by Gasteiger charge is -2.26. The first-order chi connectivity index (χ1) is 15.2. The molecule has 2 N–H and O–H groups in total. The van der Waals surface area contributed by atoms with Crippen LogP contribution < -0.4 is 17.0 Å². The fraction of sp³-hybridized carbons (Fsp3) is 0.174. The Kier molecular flexibility index (Phi) is 5.09. The molecule has 2 aromatic carbocycles. The Labute approximate surface area is 182 Å². The fourth-order valence-corrected chi connectivity index (χ4v) is 3.89. The van der Waals surface area contributed by atoms with Gasteiger partial charge in [0.25, 0.3) is 17.4 Å². The van der Waals surface area contributed by atoms with Gasteiger partial charge in [-0.25, -0.2) is 4.79 Å². The molecular formula is C23H20N4O5. The standard InChI is InChI=1S/C23H20N4O5/c1-25-19(24)17(22(31)26(2)23(25)32)18(28)16(12-13-8-4-3-5-9-13)27-20(29)14-10-6-7-11-15(14)21(27)30/h3-11,16H,12,24H2,1-2H3/t16-/m0/s1. The van der Waals surface area contributed by atoms with Gasteiger partial charge in [0.1, 0.15) is 17.4 Å². The number of carbonyl (C=O) groups is 3. The molecule has 1 atom stereocenters. The Morgan fingerprint density at radius 1 is 0.844 bits per heavy atom. The lowest BCUT2D eigenvalue weighted by atomic mass is 9.96. The average molecular weight is 432 g/mol. The molecule has 0 aliphatic carbocycles. The average Bonchev–Trinajstić information content (AvgIpc) is 3.05. The van der Waals surface area contributed by atoms with E-state index in [4.69, 9.17) is 5.73 Å². The van der Waals surface area contributed by atoms with E-state index in [2.05, 4.69) is 0 Å². The Bertz CT molecular complexity index is 1350. The van der Waals surface area contributed by atoms with Gasteiger partial charge in [-0.1, -0.05) is 42.5 Å². The summed E-state index contributed by atoms with van der Waals surface area (Å²) in [7, 11) is 2.57. The summed E-state index contributed by atoms with van der Waals surface area (Å²) in [6.07, 6.45) is -0.0173. The van der Waals surface area contributed by atoms with Crippen LogP contribution >= 0.6 is 0 Å². The minimum atomic E-state index is -1.32. The fourth-order valence-electron chi connectivity index (χ4n) is 3.89. The van der Waals surface area contributed by atoms with Crippen molar-refractivity contribution in [1.29, 1.82) is 0 Å². The largest absolute Gasteiger partial charge is 0.384 e. The maximum Gasteiger partial charge on any atom is 0.332 e. The van der Waals surface area contributed by atoms with Crippen molar-refractivity contribution in [3.63, 3.8) is 0 Å². The zero-order valence-electron chi connectivity index (χ0n) is 17.4. The zero-order valence-corrected chi connectivity index (χ0v) is 17.4. The van der Waals surface area contributed by atoms with Crippen LogP contribution in [0.5, 0.6) is 0 Å². The van der Waals surface area contributed by atoms with Crippen molar-refractivity contribution in [2.75, 3.05) is 5.73 Å². The summed E-state index contributed by atoms with van der Waals surface area (Å²) in [6, 6.07) is 13.8. The summed E-state index contributed by atoms with van der Waals surface area (Å²) in [6.45, 7) is 0. The zero-order chi connectivity index (χ0) is 23.2. The Morgan fingerprint density at radius 3 is 1.94 bits per heavy atom. The van der Waals surface area contributed by atoms with Crippen molar-refractivity contribution in [3.05, 3.63) is 97.7 Å². The second-order valence-electron chi connectivity index (χ2n) is 7.56. The molecule has 9 heteroatoms. The molecule has 3 aromatic rings. The van der Waals surface area contributed by atoms with Gasteiger partial charge in [-0.2, -0.15) is 0 Å². The molecule has 1 aliphatic rings. The summed E-state index contributed by atoms with van der Waals surface area (Å²) >= 11 is 0. The summed E-state index contributed by atoms with van der Waals surface area (Å²) in [5, 5.41) is 0. The SMILES string of the molecule is Cn1c(N)c(C(=O)[C@H](Cc2ccccc2)N2C(=O)c3ccccc3C2=O)c(=O)n(C)c1=O. The van der Waals surface area contributed by atoms with Crippen LogP contribution in [0.2, 0.25) is 0 Å². The van der Waals surface area contributed by atoms with E-state index in [9.17, 15) is 24.0 Å². The molecule has 0 fully saturated rings. The molecule has 32 heavy (non-hydrogen) atoms. The van der Waals surface area contributed by atoms with Crippen molar-refractivity contribution in [1.82, 2.24) is 14.0 Å². The van der Waals surface area contributed by atoms with Crippen molar-refractivity contribution in [3.8, 4) is 0 Å². The number of amides is 2. The summed E-state index contributed by atoms with van der Waals surface area (Å²) in [4.78, 5) is 65.8. The van der Waals surface area contributed by atoms with Gasteiger partial charge in [0.15, 0.2) is 5.78 Å². The smallest absolute Gasteiger partial charge is 0.332 e. The van der Waals surface area contributed by atoms with Gasteiger partial charge >= 0.3 is 5.69 Å². The van der Waals surface area contributed by atoms with Gasteiger partial charge in [-0.3, -0.25) is 33.2 Å². The number of Topliss-reactive ketones (excluding diaryl/α,β-unsaturated/α-hetero) is 1. The lowest BCUT2D eigenvalue weighted by Crippen LogP contribution is -2.50. The maximum absolute atomic E-state index is 13.7. The van der Waals surface area contributed by atoms with Gasteiger partial charge in [0, 0.05) is 20.5 Å². The van der Waals surface area contributed by atoms with E-state index in [1.54, 1.807) is 42.5 Å². The molecule has 0 radical (unpaired) electrons. The third-order valence-corrected chi connectivity index (χ3v) is 5.67. The number of ketones is 1. The minimum Gasteiger partial charge on any atom is -0.384 e. The molecule has 4 rings (SSSR count). The van der Waals surface area contributed by atoms with Gasteiger partial charge < -0.3 is 5.73 Å². The molecule has 2 amide bonds. The number of aromatic nitrogens is 2. The van der Waals surface area contributed by atoms with E-state index >= 15 is 0 Å². The third-order valence-electron chi connectivity index (χ3n) is 5.67. The van der Waals surface area contributed by atoms with E-state index < -0.39 is 40.5 Å². The first kappa shape index (κ1) is 21.0. The highest BCUT2D eigenvalue weighted by atomic mass is 16.2. The quantitative estimate of drug-likeness (QED) is 0.469. The van der Waals surface area contributed by atoms with E-state index in [1.165, 1.54) is 26.2 Å². The summed E-state index contributed by atoms with van der Waals surface area (Å²) in [5.41, 5.74) is 5.02. The number of carbonyl (C=O) groups excluding carboxylic acids is 3. The Hall–Kier alpha value is -4.27. The number of hydrogen-bond donors (Lipinski definition) is 1. The van der Waals surface area contributed by atoms with Crippen molar-refractivity contribution >= 4 is 23.4 Å². The second kappa shape index (κ2) is 7.77. The van der Waals surface area contributed by atoms with Crippen LogP contribution in [0.25, 0.3) is 0 Å². The van der Waals surface area contributed by atoms with Crippen LogP contribution in [-0.4, -0.2) is 37.7 Å². The number of nitrogens with two attached hydrogens (primary N) is 1. The van der Waals surface area contributed by atoms with Crippen molar-refractivity contribution < 1.29 is 14.4 Å². The number of rotatable bonds is 5. The van der Waals surface area contributed by atoms with E-state index in [-0.39, 0.29) is 23.4 Å². The number of nitrogens with zero attached hydrogens (tertiary/aromatic N) is 3. The molecular weight excluding hydrogens is 412 g/mol. The monoisotopic (exact) mass is 432 g/mol. The summed E-state index contributed by atoms with van der Waals surface area (Å²) < 4.78 is 1.75. The Morgan fingerprint density at radius 2 is 1.38 bits per heavy atom. The van der Waals surface area contributed by atoms with Crippen LogP contribution in [0.3, 0.4) is 0 Å². The normalized spacial score (nSPS) is 13.9. The molecule has 162 valence electrons. The number of anilines is 1. The number of fused-ring (bicyclic) bond motifs is 1. The predicted molar refractivity (Wildman–Crippen MR) is 117 cm³/mol. The molecule has 2 heterocycles. The molecule has 9 nitrogen and oxygen atoms in total. The van der Waals surface area contributed by atoms with E-state index in [0.717, 1.165) is 14.0 Å². The molecule has 0 bridgehead atoms. The second-order valence-corrected chi connectivity index (χ2v) is 7.56. The van der Waals surface area contributed by atoms with Gasteiger partial charge in [-0.05, 0) is 17.7 Å². The van der Waals surface area contributed by atoms with E-state index in [1.807, 2.05) is 0 Å². The highest BCUT2D eigenvalue weighted by Crippen LogP contribution is 2.27. The van der Waals surface area contributed by atoms with Crippen LogP contribution in [0.4, 0.5) is 5.82 Å². The minimum absolute atomic E-state index is 0.0173. The maximum atomic E-state index is 13.7. The highest BCUT2D eigenvalue weighted by molar-refractivity contribution is 6.24. The first-order valence-electron chi connectivity index (χ1n) is 9.84. The topological polar surface area (TPSA) is 124 Å². The number of nitrogen functional groups attached to an aromatic ring is 1. The van der Waals surface area contributed by atoms with Gasteiger partial charge in [0.2, 0.25) is 0 Å². The molecule has 1 aliphatic heterocycles. The Balaban J connectivity index is 1.88. The third kappa shape index (κ3) is 3.15. The van der Waals surface area contributed by atoms with Crippen LogP contribution in [0.15, 0.2) is 64.2 Å². The first-order valence-corrected chi connectivity index (χ1v) is 9.84. The number of benzene rings is 2. The molecule has 0 saturated heterocycles. The van der Waals surface area contributed by atoms with Crippen LogP contribution in [0.1, 0.15) is 36.6 Å².